The van der Waals surface area contributed by atoms with E-state index < -0.39 is 5.97 Å². The number of hydrogen-bond donors (Lipinski definition) is 1. The maximum absolute atomic E-state index is 10.4. The first-order chi connectivity index (χ1) is 9.24. The van der Waals surface area contributed by atoms with Crippen molar-refractivity contribution in [3.8, 4) is 5.75 Å². The van der Waals surface area contributed by atoms with Gasteiger partial charge in [-0.15, -0.1) is 0 Å². The van der Waals surface area contributed by atoms with Crippen LogP contribution in [0.3, 0.4) is 0 Å². The van der Waals surface area contributed by atoms with Gasteiger partial charge in [-0.3, -0.25) is 4.99 Å². The minimum atomic E-state index is -0.991. The maximum atomic E-state index is 10.4. The lowest BCUT2D eigenvalue weighted by atomic mass is 10.2. The molecule has 0 unspecified atom stereocenters. The molecule has 96 valence electrons. The van der Waals surface area contributed by atoms with Gasteiger partial charge < -0.3 is 9.84 Å². The predicted molar refractivity (Wildman–Crippen MR) is 73.3 cm³/mol. The molecule has 0 aliphatic heterocycles. The first-order valence-corrected chi connectivity index (χ1v) is 5.78. The molecule has 0 saturated heterocycles. The molecule has 4 nitrogen and oxygen atoms in total. The zero-order chi connectivity index (χ0) is 13.5. The standard InChI is InChI=1S/C15H13NO3/c17-15(18)11-19-14-8-6-12(7-9-14)10-16-13-4-2-1-3-5-13/h1-10H,11H2,(H,17,18)/b16-10+. The first-order valence-electron chi connectivity index (χ1n) is 5.78. The van der Waals surface area contributed by atoms with Crippen LogP contribution in [0.15, 0.2) is 59.6 Å². The Bertz CT molecular complexity index is 562. The Morgan fingerprint density at radius 3 is 2.42 bits per heavy atom. The van der Waals surface area contributed by atoms with Crippen molar-refractivity contribution in [3.63, 3.8) is 0 Å². The summed E-state index contributed by atoms with van der Waals surface area (Å²) in [7, 11) is 0. The fourth-order valence-electron chi connectivity index (χ4n) is 1.46. The van der Waals surface area contributed by atoms with Crippen molar-refractivity contribution in [1.29, 1.82) is 0 Å². The highest BCUT2D eigenvalue weighted by molar-refractivity contribution is 5.82. The van der Waals surface area contributed by atoms with Gasteiger partial charge in [0.2, 0.25) is 0 Å². The van der Waals surface area contributed by atoms with Gasteiger partial charge in [0.15, 0.2) is 6.61 Å². The third-order valence-electron chi connectivity index (χ3n) is 2.36. The number of para-hydroxylation sites is 1. The van der Waals surface area contributed by atoms with Gasteiger partial charge in [-0.1, -0.05) is 18.2 Å². The zero-order valence-corrected chi connectivity index (χ0v) is 10.2. The van der Waals surface area contributed by atoms with E-state index in [4.69, 9.17) is 9.84 Å². The van der Waals surface area contributed by atoms with E-state index in [9.17, 15) is 4.79 Å². The van der Waals surface area contributed by atoms with Crippen LogP contribution in [0.4, 0.5) is 5.69 Å². The third kappa shape index (κ3) is 4.27. The molecule has 2 aromatic rings. The molecule has 2 aromatic carbocycles. The average molecular weight is 255 g/mol. The Hall–Kier alpha value is -2.62. The maximum Gasteiger partial charge on any atom is 0.341 e. The van der Waals surface area contributed by atoms with Crippen LogP contribution in [0.1, 0.15) is 5.56 Å². The zero-order valence-electron chi connectivity index (χ0n) is 10.2. The van der Waals surface area contributed by atoms with Crippen molar-refractivity contribution in [2.45, 2.75) is 0 Å². The molecule has 0 saturated carbocycles. The van der Waals surface area contributed by atoms with E-state index in [1.54, 1.807) is 18.3 Å². The Balaban J connectivity index is 1.99. The minimum Gasteiger partial charge on any atom is -0.482 e. The Morgan fingerprint density at radius 1 is 1.11 bits per heavy atom. The fraction of sp³-hybridized carbons (Fsp3) is 0.0667. The molecule has 1 N–H and O–H groups in total. The van der Waals surface area contributed by atoms with Gasteiger partial charge in [0, 0.05) is 6.21 Å². The second-order valence-electron chi connectivity index (χ2n) is 3.85. The fourth-order valence-corrected chi connectivity index (χ4v) is 1.46. The lowest BCUT2D eigenvalue weighted by molar-refractivity contribution is -0.139. The van der Waals surface area contributed by atoms with E-state index >= 15 is 0 Å². The molecule has 2 rings (SSSR count). The summed E-state index contributed by atoms with van der Waals surface area (Å²) in [6.45, 7) is -0.336. The summed E-state index contributed by atoms with van der Waals surface area (Å²) >= 11 is 0. The summed E-state index contributed by atoms with van der Waals surface area (Å²) in [6.07, 6.45) is 1.75. The topological polar surface area (TPSA) is 58.9 Å². The highest BCUT2D eigenvalue weighted by atomic mass is 16.5. The molecule has 4 heteroatoms. The van der Waals surface area contributed by atoms with Gasteiger partial charge in [-0.2, -0.15) is 0 Å². The quantitative estimate of drug-likeness (QED) is 0.836. The molecule has 0 atom stereocenters. The number of nitrogens with zero attached hydrogens (tertiary/aromatic N) is 1. The van der Waals surface area contributed by atoms with Crippen LogP contribution < -0.4 is 4.74 Å². The van der Waals surface area contributed by atoms with Crippen LogP contribution in [0.25, 0.3) is 0 Å². The van der Waals surface area contributed by atoms with Crippen molar-refractivity contribution in [2.24, 2.45) is 4.99 Å². The van der Waals surface area contributed by atoms with E-state index in [0.29, 0.717) is 5.75 Å². The first kappa shape index (κ1) is 12.8. The summed E-state index contributed by atoms with van der Waals surface area (Å²) < 4.78 is 5.04. The molecule has 0 radical (unpaired) electrons. The number of carboxylic acid groups (broad SMARTS) is 1. The molecule has 0 fully saturated rings. The van der Waals surface area contributed by atoms with Crippen LogP contribution in [-0.4, -0.2) is 23.9 Å². The van der Waals surface area contributed by atoms with Gasteiger partial charge in [-0.25, -0.2) is 4.79 Å². The summed E-state index contributed by atoms with van der Waals surface area (Å²) in [6, 6.07) is 16.7. The number of ether oxygens (including phenoxy) is 1. The Kier molecular flexibility index (Phi) is 4.29. The largest absolute Gasteiger partial charge is 0.482 e. The number of rotatable bonds is 5. The van der Waals surface area contributed by atoms with Crippen LogP contribution in [0.5, 0.6) is 5.75 Å². The Morgan fingerprint density at radius 2 is 1.79 bits per heavy atom. The monoisotopic (exact) mass is 255 g/mol. The highest BCUT2D eigenvalue weighted by Crippen LogP contribution is 2.13. The number of hydrogen-bond acceptors (Lipinski definition) is 3. The van der Waals surface area contributed by atoms with Gasteiger partial charge in [0.25, 0.3) is 0 Å². The predicted octanol–water partition coefficient (Wildman–Crippen LogP) is 2.90. The van der Waals surface area contributed by atoms with Crippen LogP contribution in [0, 0.1) is 0 Å². The molecule has 0 amide bonds. The summed E-state index contributed by atoms with van der Waals surface area (Å²) in [5.41, 5.74) is 1.81. The van der Waals surface area contributed by atoms with Crippen LogP contribution in [0.2, 0.25) is 0 Å². The molecule has 0 aromatic heterocycles. The van der Waals surface area contributed by atoms with E-state index in [1.807, 2.05) is 42.5 Å². The lowest BCUT2D eigenvalue weighted by Crippen LogP contribution is -2.09. The third-order valence-corrected chi connectivity index (χ3v) is 2.36. The smallest absolute Gasteiger partial charge is 0.341 e. The molecule has 0 bridgehead atoms. The van der Waals surface area contributed by atoms with E-state index in [0.717, 1.165) is 11.3 Å². The number of carbonyl (C=O) groups is 1. The van der Waals surface area contributed by atoms with Gasteiger partial charge >= 0.3 is 5.97 Å². The molecule has 19 heavy (non-hydrogen) atoms. The summed E-state index contributed by atoms with van der Waals surface area (Å²) in [4.78, 5) is 14.7. The minimum absolute atomic E-state index is 0.336. The average Bonchev–Trinajstić information content (AvgIpc) is 2.45. The van der Waals surface area contributed by atoms with Crippen molar-refractivity contribution < 1.29 is 14.6 Å². The van der Waals surface area contributed by atoms with E-state index in [2.05, 4.69) is 4.99 Å². The van der Waals surface area contributed by atoms with E-state index in [1.165, 1.54) is 0 Å². The van der Waals surface area contributed by atoms with Crippen molar-refractivity contribution in [2.75, 3.05) is 6.61 Å². The van der Waals surface area contributed by atoms with Gasteiger partial charge in [0.05, 0.1) is 5.69 Å². The lowest BCUT2D eigenvalue weighted by Gasteiger charge is -2.02. The molecule has 0 aliphatic rings. The second kappa shape index (κ2) is 6.35. The molecule has 0 spiro atoms. The number of carboxylic acids is 1. The molecular weight excluding hydrogens is 242 g/mol. The SMILES string of the molecule is O=C(O)COc1ccc(/C=N/c2ccccc2)cc1. The van der Waals surface area contributed by atoms with Crippen LogP contribution >= 0.6 is 0 Å². The van der Waals surface area contributed by atoms with Crippen molar-refractivity contribution in [1.82, 2.24) is 0 Å². The van der Waals surface area contributed by atoms with Gasteiger partial charge in [0.1, 0.15) is 5.75 Å². The normalized spacial score (nSPS) is 10.5. The number of aliphatic imine (C=N–C) groups is 1. The number of aliphatic carboxylic acids is 1. The summed E-state index contributed by atoms with van der Waals surface area (Å²) in [5, 5.41) is 8.49. The Labute approximate surface area is 111 Å². The van der Waals surface area contributed by atoms with E-state index in [-0.39, 0.29) is 6.61 Å². The van der Waals surface area contributed by atoms with Gasteiger partial charge in [-0.05, 0) is 42.0 Å². The molecular formula is C15H13NO3. The number of benzene rings is 2. The van der Waals surface area contributed by atoms with Crippen molar-refractivity contribution >= 4 is 17.9 Å². The second-order valence-corrected chi connectivity index (χ2v) is 3.85. The highest BCUT2D eigenvalue weighted by Gasteiger charge is 1.98. The summed E-state index contributed by atoms with van der Waals surface area (Å²) in [5.74, 6) is -0.464. The molecule has 0 heterocycles. The van der Waals surface area contributed by atoms with Crippen LogP contribution in [-0.2, 0) is 4.79 Å². The van der Waals surface area contributed by atoms with Crippen molar-refractivity contribution in [3.05, 3.63) is 60.2 Å². The molecule has 0 aliphatic carbocycles.